The summed E-state index contributed by atoms with van der Waals surface area (Å²) in [6, 6.07) is 12.5. The summed E-state index contributed by atoms with van der Waals surface area (Å²) in [7, 11) is 0. The third-order valence-corrected chi connectivity index (χ3v) is 5.86. The van der Waals surface area contributed by atoms with Gasteiger partial charge in [0.25, 0.3) is 5.91 Å². The molecule has 1 aliphatic heterocycles. The number of carbonyl (C=O) groups excluding carboxylic acids is 1. The summed E-state index contributed by atoms with van der Waals surface area (Å²) < 4.78 is 37.6. The number of benzene rings is 1. The van der Waals surface area contributed by atoms with E-state index < -0.39 is 18.0 Å². The van der Waals surface area contributed by atoms with Gasteiger partial charge in [-0.15, -0.1) is 0 Å². The van der Waals surface area contributed by atoms with Crippen LogP contribution in [-0.4, -0.2) is 45.9 Å². The van der Waals surface area contributed by atoms with E-state index in [4.69, 9.17) is 0 Å². The molecule has 0 saturated carbocycles. The van der Waals surface area contributed by atoms with Gasteiger partial charge in [0, 0.05) is 19.3 Å². The van der Waals surface area contributed by atoms with Gasteiger partial charge in [-0.1, -0.05) is 42.1 Å². The average molecular weight is 410 g/mol. The van der Waals surface area contributed by atoms with Crippen molar-refractivity contribution < 1.29 is 23.1 Å². The van der Waals surface area contributed by atoms with Gasteiger partial charge in [-0.05, 0) is 36.5 Å². The molecule has 0 aliphatic carbocycles. The monoisotopic (exact) mass is 410 g/mol. The molecule has 1 aromatic carbocycles. The van der Waals surface area contributed by atoms with Crippen LogP contribution >= 0.6 is 11.8 Å². The summed E-state index contributed by atoms with van der Waals surface area (Å²) in [5, 5.41) is 10.6. The third-order valence-electron chi connectivity index (χ3n) is 4.79. The summed E-state index contributed by atoms with van der Waals surface area (Å²) in [5.41, 5.74) is 1.05. The zero-order chi connectivity index (χ0) is 20.1. The molecule has 1 fully saturated rings. The Balaban J connectivity index is 1.63. The zero-order valence-electron chi connectivity index (χ0n) is 15.1. The molecule has 0 radical (unpaired) electrons. The number of alkyl halides is 3. The van der Waals surface area contributed by atoms with E-state index >= 15 is 0 Å². The molecule has 2 heterocycles. The Morgan fingerprint density at radius 2 is 1.86 bits per heavy atom. The Hall–Kier alpha value is -2.06. The molecule has 1 aromatic heterocycles. The fourth-order valence-electron chi connectivity index (χ4n) is 3.33. The Bertz CT molecular complexity index is 794. The van der Waals surface area contributed by atoms with E-state index in [2.05, 4.69) is 4.98 Å². The van der Waals surface area contributed by atoms with Crippen LogP contribution in [0, 0.1) is 5.92 Å². The van der Waals surface area contributed by atoms with Crippen molar-refractivity contribution in [2.75, 3.05) is 18.8 Å². The number of rotatable bonds is 5. The maximum absolute atomic E-state index is 12.8. The van der Waals surface area contributed by atoms with Gasteiger partial charge >= 0.3 is 6.18 Å². The van der Waals surface area contributed by atoms with Gasteiger partial charge in [-0.3, -0.25) is 4.79 Å². The predicted octanol–water partition coefficient (Wildman–Crippen LogP) is 4.32. The Kier molecular flexibility index (Phi) is 6.61. The number of aromatic nitrogens is 1. The topological polar surface area (TPSA) is 53.4 Å². The minimum Gasteiger partial charge on any atom is -0.388 e. The maximum atomic E-state index is 12.8. The lowest BCUT2D eigenvalue weighted by Gasteiger charge is -2.34. The number of likely N-dealkylation sites (tertiary alicyclic amines) is 1. The summed E-state index contributed by atoms with van der Waals surface area (Å²) in [6.45, 7) is 0.900. The molecule has 1 atom stereocenters. The number of thioether (sulfide) groups is 1. The Morgan fingerprint density at radius 3 is 2.50 bits per heavy atom. The predicted molar refractivity (Wildman–Crippen MR) is 101 cm³/mol. The second kappa shape index (κ2) is 8.96. The van der Waals surface area contributed by atoms with Crippen molar-refractivity contribution in [2.24, 2.45) is 5.92 Å². The first kappa shape index (κ1) is 20.7. The number of nitrogens with zero attached hydrogens (tertiary/aromatic N) is 2. The quantitative estimate of drug-likeness (QED) is 0.746. The third kappa shape index (κ3) is 5.26. The first-order valence-electron chi connectivity index (χ1n) is 9.02. The van der Waals surface area contributed by atoms with Gasteiger partial charge in [0.1, 0.15) is 5.03 Å². The lowest BCUT2D eigenvalue weighted by atomic mass is 9.87. The molecule has 0 bridgehead atoms. The standard InChI is InChI=1S/C20H21F3N2O2S/c21-20(22,23)13-28-18-16(7-4-10-24-18)19(27)25-11-8-15(9-12-25)17(26)14-5-2-1-3-6-14/h1-7,10,15,17,26H,8-9,11-13H2/t17-/m0/s1. The lowest BCUT2D eigenvalue weighted by molar-refractivity contribution is -0.105. The number of piperidine rings is 1. The van der Waals surface area contributed by atoms with Crippen molar-refractivity contribution in [1.82, 2.24) is 9.88 Å². The van der Waals surface area contributed by atoms with Crippen LogP contribution in [0.3, 0.4) is 0 Å². The summed E-state index contributed by atoms with van der Waals surface area (Å²) >= 11 is 0.525. The van der Waals surface area contributed by atoms with Gasteiger partial charge in [0.2, 0.25) is 0 Å². The van der Waals surface area contributed by atoms with Crippen LogP contribution in [0.1, 0.15) is 34.9 Å². The van der Waals surface area contributed by atoms with E-state index in [-0.39, 0.29) is 22.4 Å². The van der Waals surface area contributed by atoms with E-state index in [1.165, 1.54) is 12.3 Å². The van der Waals surface area contributed by atoms with Crippen LogP contribution in [-0.2, 0) is 0 Å². The van der Waals surface area contributed by atoms with E-state index in [0.717, 1.165) is 5.56 Å². The molecule has 1 amide bonds. The molecular weight excluding hydrogens is 389 g/mol. The molecule has 150 valence electrons. The van der Waals surface area contributed by atoms with Crippen LogP contribution < -0.4 is 0 Å². The van der Waals surface area contributed by atoms with Gasteiger partial charge in [-0.25, -0.2) is 4.98 Å². The number of aliphatic hydroxyl groups excluding tert-OH is 1. The first-order valence-corrected chi connectivity index (χ1v) is 10.0. The minimum atomic E-state index is -4.32. The molecule has 28 heavy (non-hydrogen) atoms. The van der Waals surface area contributed by atoms with Crippen LogP contribution in [0.5, 0.6) is 0 Å². The molecule has 4 nitrogen and oxygen atoms in total. The highest BCUT2D eigenvalue weighted by Crippen LogP contribution is 2.32. The number of aliphatic hydroxyl groups is 1. The molecule has 0 unspecified atom stereocenters. The highest BCUT2D eigenvalue weighted by molar-refractivity contribution is 7.99. The molecule has 3 rings (SSSR count). The van der Waals surface area contributed by atoms with Crippen molar-refractivity contribution in [2.45, 2.75) is 30.1 Å². The number of carbonyl (C=O) groups is 1. The number of halogens is 3. The van der Waals surface area contributed by atoms with Crippen molar-refractivity contribution in [3.8, 4) is 0 Å². The zero-order valence-corrected chi connectivity index (χ0v) is 15.9. The normalized spacial score (nSPS) is 16.8. The summed E-state index contributed by atoms with van der Waals surface area (Å²) in [5.74, 6) is -1.36. The molecule has 1 N–H and O–H groups in total. The fraction of sp³-hybridized carbons (Fsp3) is 0.400. The molecule has 1 aliphatic rings. The van der Waals surface area contributed by atoms with Gasteiger partial charge < -0.3 is 10.0 Å². The molecule has 1 saturated heterocycles. The van der Waals surface area contributed by atoms with Crippen molar-refractivity contribution >= 4 is 17.7 Å². The molecular formula is C20H21F3N2O2S. The van der Waals surface area contributed by atoms with Gasteiger partial charge in [-0.2, -0.15) is 13.2 Å². The summed E-state index contributed by atoms with van der Waals surface area (Å²) in [4.78, 5) is 18.4. The Morgan fingerprint density at radius 1 is 1.18 bits per heavy atom. The van der Waals surface area contributed by atoms with Crippen LogP contribution in [0.25, 0.3) is 0 Å². The lowest BCUT2D eigenvalue weighted by Crippen LogP contribution is -2.40. The minimum absolute atomic E-state index is 0.0411. The van der Waals surface area contributed by atoms with Gasteiger partial charge in [0.05, 0.1) is 17.4 Å². The Labute approximate surface area is 165 Å². The smallest absolute Gasteiger partial charge is 0.388 e. The molecule has 0 spiro atoms. The number of amides is 1. The largest absolute Gasteiger partial charge is 0.398 e. The van der Waals surface area contributed by atoms with Crippen LogP contribution in [0.4, 0.5) is 13.2 Å². The SMILES string of the molecule is O=C(c1cccnc1SCC(F)(F)F)N1CCC([C@@H](O)c2ccccc2)CC1. The maximum Gasteiger partial charge on any atom is 0.398 e. The van der Waals surface area contributed by atoms with Crippen molar-refractivity contribution in [3.63, 3.8) is 0 Å². The second-order valence-corrected chi connectivity index (χ2v) is 7.71. The number of hydrogen-bond acceptors (Lipinski definition) is 4. The highest BCUT2D eigenvalue weighted by atomic mass is 32.2. The van der Waals surface area contributed by atoms with Crippen molar-refractivity contribution in [3.05, 3.63) is 59.8 Å². The first-order chi connectivity index (χ1) is 13.3. The highest BCUT2D eigenvalue weighted by Gasteiger charge is 2.31. The van der Waals surface area contributed by atoms with E-state index in [1.54, 1.807) is 11.0 Å². The van der Waals surface area contributed by atoms with Crippen molar-refractivity contribution in [1.29, 1.82) is 0 Å². The second-order valence-electron chi connectivity index (χ2n) is 6.75. The van der Waals surface area contributed by atoms with E-state index in [0.29, 0.717) is 37.7 Å². The summed E-state index contributed by atoms with van der Waals surface area (Å²) in [6.07, 6.45) is -2.26. The molecule has 2 aromatic rings. The van der Waals surface area contributed by atoms with Crippen LogP contribution in [0.2, 0.25) is 0 Å². The van der Waals surface area contributed by atoms with E-state index in [9.17, 15) is 23.1 Å². The molecule has 8 heteroatoms. The number of pyridine rings is 1. The fourth-order valence-corrected chi connectivity index (χ4v) is 4.08. The van der Waals surface area contributed by atoms with E-state index in [1.807, 2.05) is 30.3 Å². The van der Waals surface area contributed by atoms with Crippen LogP contribution in [0.15, 0.2) is 53.7 Å². The van der Waals surface area contributed by atoms with Gasteiger partial charge in [0.15, 0.2) is 0 Å². The average Bonchev–Trinajstić information content (AvgIpc) is 2.71. The number of hydrogen-bond donors (Lipinski definition) is 1.